The first kappa shape index (κ1) is 37.5. The number of rotatable bonds is 8. The van der Waals surface area contributed by atoms with Crippen LogP contribution >= 0.6 is 0 Å². The molecule has 0 aromatic heterocycles. The van der Waals surface area contributed by atoms with Crippen molar-refractivity contribution in [2.24, 2.45) is 0 Å². The zero-order valence-electron chi connectivity index (χ0n) is 35.3. The number of hydrogen-bond acceptors (Lipinski definition) is 1. The number of benzene rings is 11. The zero-order chi connectivity index (χ0) is 42.5. The zero-order valence-corrected chi connectivity index (χ0v) is 35.3. The van der Waals surface area contributed by atoms with Gasteiger partial charge in [0, 0.05) is 16.8 Å². The fourth-order valence-electron chi connectivity index (χ4n) is 10.5. The molecule has 0 heterocycles. The number of nitrogens with zero attached hydrogens (tertiary/aromatic N) is 1. The Hall–Kier alpha value is -8.26. The van der Waals surface area contributed by atoms with Gasteiger partial charge in [-0.3, -0.25) is 0 Å². The van der Waals surface area contributed by atoms with Gasteiger partial charge in [-0.05, 0) is 113 Å². The molecule has 1 aliphatic rings. The molecule has 0 N–H and O–H groups in total. The molecule has 0 aliphatic heterocycles. The summed E-state index contributed by atoms with van der Waals surface area (Å²) < 4.78 is 0. The summed E-state index contributed by atoms with van der Waals surface area (Å²) >= 11 is 0. The molecular weight excluding hydrogens is 771 g/mol. The Balaban J connectivity index is 0.982. The van der Waals surface area contributed by atoms with E-state index in [1.165, 1.54) is 88.3 Å². The summed E-state index contributed by atoms with van der Waals surface area (Å²) in [6.07, 6.45) is 0. The maximum absolute atomic E-state index is 2.44. The average Bonchev–Trinajstić information content (AvgIpc) is 3.68. The quantitative estimate of drug-likeness (QED) is 0.138. The molecule has 0 bridgehead atoms. The second-order valence-electron chi connectivity index (χ2n) is 16.8. The minimum absolute atomic E-state index is 0.464. The van der Waals surface area contributed by atoms with E-state index in [9.17, 15) is 0 Å². The Morgan fingerprint density at radius 3 is 1.28 bits per heavy atom. The number of anilines is 3. The van der Waals surface area contributed by atoms with Crippen molar-refractivity contribution < 1.29 is 0 Å². The third kappa shape index (κ3) is 6.08. The van der Waals surface area contributed by atoms with Crippen LogP contribution in [0.15, 0.2) is 261 Å². The molecule has 1 heteroatoms. The molecular formula is C63H43N. The fraction of sp³-hybridized carbons (Fsp3) is 0.0159. The minimum atomic E-state index is -0.464. The van der Waals surface area contributed by atoms with Gasteiger partial charge >= 0.3 is 0 Å². The van der Waals surface area contributed by atoms with Crippen LogP contribution in [0.2, 0.25) is 0 Å². The van der Waals surface area contributed by atoms with Gasteiger partial charge in [0.1, 0.15) is 0 Å². The van der Waals surface area contributed by atoms with Crippen LogP contribution in [0, 0.1) is 0 Å². The summed E-state index contributed by atoms with van der Waals surface area (Å²) in [6.45, 7) is 0. The fourth-order valence-corrected chi connectivity index (χ4v) is 10.5. The van der Waals surface area contributed by atoms with Crippen LogP contribution in [0.3, 0.4) is 0 Å². The molecule has 0 atom stereocenters. The van der Waals surface area contributed by atoms with Gasteiger partial charge in [-0.25, -0.2) is 0 Å². The second-order valence-corrected chi connectivity index (χ2v) is 16.8. The lowest BCUT2D eigenvalue weighted by atomic mass is 9.68. The summed E-state index contributed by atoms with van der Waals surface area (Å²) in [5.74, 6) is 0. The van der Waals surface area contributed by atoms with Crippen LogP contribution in [-0.4, -0.2) is 0 Å². The molecule has 11 aromatic carbocycles. The van der Waals surface area contributed by atoms with E-state index in [1.807, 2.05) is 0 Å². The lowest BCUT2D eigenvalue weighted by Crippen LogP contribution is -2.28. The van der Waals surface area contributed by atoms with Gasteiger partial charge < -0.3 is 4.90 Å². The highest BCUT2D eigenvalue weighted by Crippen LogP contribution is 2.56. The molecule has 0 saturated heterocycles. The van der Waals surface area contributed by atoms with Crippen molar-refractivity contribution in [1.82, 2.24) is 0 Å². The van der Waals surface area contributed by atoms with Crippen LogP contribution in [0.4, 0.5) is 17.1 Å². The van der Waals surface area contributed by atoms with Gasteiger partial charge in [0.05, 0.1) is 11.1 Å². The van der Waals surface area contributed by atoms with Gasteiger partial charge in [0.15, 0.2) is 0 Å². The van der Waals surface area contributed by atoms with Gasteiger partial charge in [-0.1, -0.05) is 231 Å². The first-order valence-electron chi connectivity index (χ1n) is 22.2. The van der Waals surface area contributed by atoms with Crippen LogP contribution in [0.25, 0.3) is 66.1 Å². The van der Waals surface area contributed by atoms with E-state index in [4.69, 9.17) is 0 Å². The van der Waals surface area contributed by atoms with Gasteiger partial charge in [-0.15, -0.1) is 0 Å². The van der Waals surface area contributed by atoms with Crippen molar-refractivity contribution in [3.05, 3.63) is 283 Å². The molecule has 1 nitrogen and oxygen atoms in total. The van der Waals surface area contributed by atoms with E-state index in [1.54, 1.807) is 0 Å². The Morgan fingerprint density at radius 2 is 0.672 bits per heavy atom. The van der Waals surface area contributed by atoms with E-state index >= 15 is 0 Å². The molecule has 0 unspecified atom stereocenters. The third-order valence-electron chi connectivity index (χ3n) is 13.4. The highest BCUT2D eigenvalue weighted by molar-refractivity contribution is 6.14. The van der Waals surface area contributed by atoms with Crippen LogP contribution in [0.5, 0.6) is 0 Å². The lowest BCUT2D eigenvalue weighted by molar-refractivity contribution is 0.768. The Kier molecular flexibility index (Phi) is 9.13. The predicted molar refractivity (Wildman–Crippen MR) is 270 cm³/mol. The topological polar surface area (TPSA) is 3.24 Å². The molecule has 0 spiro atoms. The summed E-state index contributed by atoms with van der Waals surface area (Å²) in [6, 6.07) is 95.7. The van der Waals surface area contributed by atoms with Gasteiger partial charge in [0.25, 0.3) is 0 Å². The maximum atomic E-state index is 2.44. The average molecular weight is 814 g/mol. The van der Waals surface area contributed by atoms with Crippen LogP contribution < -0.4 is 4.90 Å². The summed E-state index contributed by atoms with van der Waals surface area (Å²) in [5, 5.41) is 4.92. The number of hydrogen-bond donors (Lipinski definition) is 0. The van der Waals surface area contributed by atoms with Gasteiger partial charge in [-0.2, -0.15) is 0 Å². The molecule has 300 valence electrons. The molecule has 11 aromatic rings. The minimum Gasteiger partial charge on any atom is -0.310 e. The number of fused-ring (bicyclic) bond motifs is 6. The van der Waals surface area contributed by atoms with Crippen LogP contribution in [-0.2, 0) is 5.41 Å². The standard InChI is InChI=1S/C63H43N/c1-3-17-46(18-4-1)53-22-9-10-23-54(53)47-33-31-44(32-34-47)45-35-39-51(40-36-45)64(62-43-48-19-7-8-24-55(48)56-25-11-12-28-59(56)62)52-41-37-50(38-42-52)63(49-20-5-2-6-21-49)60-29-15-13-26-57(60)58-27-14-16-30-61(58)63/h1-43H. The molecule has 1 aliphatic carbocycles. The Morgan fingerprint density at radius 1 is 0.266 bits per heavy atom. The van der Waals surface area contributed by atoms with E-state index in [0.717, 1.165) is 17.1 Å². The molecule has 64 heavy (non-hydrogen) atoms. The molecule has 0 radical (unpaired) electrons. The Labute approximate surface area is 374 Å². The van der Waals surface area contributed by atoms with Crippen molar-refractivity contribution in [3.63, 3.8) is 0 Å². The molecule has 0 saturated carbocycles. The monoisotopic (exact) mass is 813 g/mol. The Bertz CT molecular complexity index is 3410. The summed E-state index contributed by atoms with van der Waals surface area (Å²) in [4.78, 5) is 2.44. The van der Waals surface area contributed by atoms with E-state index in [0.29, 0.717) is 0 Å². The predicted octanol–water partition coefficient (Wildman–Crippen LogP) is 16.8. The van der Waals surface area contributed by atoms with Gasteiger partial charge in [0.2, 0.25) is 0 Å². The molecule has 12 rings (SSSR count). The first-order valence-corrected chi connectivity index (χ1v) is 22.2. The lowest BCUT2D eigenvalue weighted by Gasteiger charge is -2.34. The third-order valence-corrected chi connectivity index (χ3v) is 13.4. The molecule has 0 fully saturated rings. The SMILES string of the molecule is c1ccc(-c2ccccc2-c2ccc(-c3ccc(N(c4ccc(C5(c6ccccc6)c6ccccc6-c6ccccc65)cc4)c4cc5ccccc5c5ccccc45)cc3)cc2)cc1. The second kappa shape index (κ2) is 15.6. The highest BCUT2D eigenvalue weighted by Gasteiger charge is 2.45. The van der Waals surface area contributed by atoms with Crippen molar-refractivity contribution in [3.8, 4) is 44.5 Å². The van der Waals surface area contributed by atoms with Crippen molar-refractivity contribution >= 4 is 38.6 Å². The smallest absolute Gasteiger partial charge is 0.0713 e. The first-order chi connectivity index (χ1) is 31.8. The summed E-state index contributed by atoms with van der Waals surface area (Å²) in [7, 11) is 0. The summed E-state index contributed by atoms with van der Waals surface area (Å²) in [5.41, 5.74) is 17.9. The molecule has 0 amide bonds. The van der Waals surface area contributed by atoms with E-state index in [2.05, 4.69) is 266 Å². The van der Waals surface area contributed by atoms with Crippen molar-refractivity contribution in [2.45, 2.75) is 5.41 Å². The normalized spacial score (nSPS) is 12.5. The van der Waals surface area contributed by atoms with E-state index in [-0.39, 0.29) is 0 Å². The highest BCUT2D eigenvalue weighted by atomic mass is 15.1. The van der Waals surface area contributed by atoms with Crippen LogP contribution in [0.1, 0.15) is 22.3 Å². The maximum Gasteiger partial charge on any atom is 0.0713 e. The van der Waals surface area contributed by atoms with Crippen molar-refractivity contribution in [2.75, 3.05) is 4.90 Å². The van der Waals surface area contributed by atoms with Crippen molar-refractivity contribution in [1.29, 1.82) is 0 Å². The largest absolute Gasteiger partial charge is 0.310 e. The van der Waals surface area contributed by atoms with E-state index < -0.39 is 5.41 Å².